The highest BCUT2D eigenvalue weighted by molar-refractivity contribution is 7.09. The lowest BCUT2D eigenvalue weighted by atomic mass is 10.0. The highest BCUT2D eigenvalue weighted by atomic mass is 32.1. The van der Waals surface area contributed by atoms with Gasteiger partial charge in [0, 0.05) is 24.4 Å². The van der Waals surface area contributed by atoms with Gasteiger partial charge < -0.3 is 19.4 Å². The summed E-state index contributed by atoms with van der Waals surface area (Å²) in [6, 6.07) is 1.91. The lowest BCUT2D eigenvalue weighted by Crippen LogP contribution is -2.43. The van der Waals surface area contributed by atoms with Gasteiger partial charge in [-0.3, -0.25) is 4.79 Å². The van der Waals surface area contributed by atoms with Crippen molar-refractivity contribution in [3.63, 3.8) is 0 Å². The Morgan fingerprint density at radius 1 is 1.58 bits per heavy atom. The zero-order valence-corrected chi connectivity index (χ0v) is 14.4. The van der Waals surface area contributed by atoms with Crippen molar-refractivity contribution in [2.75, 3.05) is 13.2 Å². The molecule has 0 spiro atoms. The summed E-state index contributed by atoms with van der Waals surface area (Å²) < 4.78 is 12.0. The van der Waals surface area contributed by atoms with Crippen molar-refractivity contribution in [2.24, 2.45) is 0 Å². The van der Waals surface area contributed by atoms with Crippen LogP contribution in [0.1, 0.15) is 33.9 Å². The monoisotopic (exact) mass is 347 g/mol. The van der Waals surface area contributed by atoms with Crippen molar-refractivity contribution in [1.29, 1.82) is 0 Å². The fourth-order valence-electron chi connectivity index (χ4n) is 3.58. The van der Waals surface area contributed by atoms with Gasteiger partial charge in [-0.2, -0.15) is 0 Å². The van der Waals surface area contributed by atoms with E-state index in [0.29, 0.717) is 18.7 Å². The zero-order valence-electron chi connectivity index (χ0n) is 13.6. The molecule has 3 atom stereocenters. The molecule has 0 saturated carbocycles. The Kier molecular flexibility index (Phi) is 4.39. The molecule has 1 amide bonds. The van der Waals surface area contributed by atoms with Gasteiger partial charge in [-0.1, -0.05) is 0 Å². The Balaban J connectivity index is 1.47. The summed E-state index contributed by atoms with van der Waals surface area (Å²) in [7, 11) is 0. The number of hydrogen-bond donors (Lipinski definition) is 1. The first-order valence-corrected chi connectivity index (χ1v) is 9.18. The fourth-order valence-corrected chi connectivity index (χ4v) is 4.18. The molecule has 4 rings (SSSR count). The van der Waals surface area contributed by atoms with Gasteiger partial charge in [-0.25, -0.2) is 4.98 Å². The van der Waals surface area contributed by atoms with Crippen molar-refractivity contribution in [3.05, 3.63) is 40.1 Å². The molecule has 0 unspecified atom stereocenters. The van der Waals surface area contributed by atoms with Crippen LogP contribution >= 0.6 is 11.3 Å². The molecule has 2 aliphatic heterocycles. The number of nitrogens with zero attached hydrogens (tertiary/aromatic N) is 2. The van der Waals surface area contributed by atoms with Gasteiger partial charge in [-0.15, -0.1) is 11.3 Å². The third kappa shape index (κ3) is 2.99. The second kappa shape index (κ2) is 6.66. The molecule has 2 aliphatic rings. The van der Waals surface area contributed by atoms with E-state index in [1.165, 1.54) is 0 Å². The predicted molar refractivity (Wildman–Crippen MR) is 90.0 cm³/mol. The first kappa shape index (κ1) is 15.8. The Bertz CT molecular complexity index is 700. The molecule has 2 aromatic rings. The van der Waals surface area contributed by atoms with Crippen LogP contribution in [0.25, 0.3) is 0 Å². The SMILES string of the molecule is Cc1nc(CO[C@H]2CN(C(=O)c3cc[nH]c3)[C@@H]3CCCO[C@H]23)cs1. The van der Waals surface area contributed by atoms with Crippen LogP contribution in [-0.4, -0.2) is 52.2 Å². The second-order valence-corrected chi connectivity index (χ2v) is 7.37. The molecule has 2 aromatic heterocycles. The minimum absolute atomic E-state index is 0.0404. The molecule has 24 heavy (non-hydrogen) atoms. The van der Waals surface area contributed by atoms with E-state index >= 15 is 0 Å². The molecular weight excluding hydrogens is 326 g/mol. The Morgan fingerprint density at radius 3 is 3.25 bits per heavy atom. The summed E-state index contributed by atoms with van der Waals surface area (Å²) >= 11 is 1.62. The summed E-state index contributed by atoms with van der Waals surface area (Å²) in [5.41, 5.74) is 1.63. The fraction of sp³-hybridized carbons (Fsp3) is 0.529. The first-order chi connectivity index (χ1) is 11.7. The quantitative estimate of drug-likeness (QED) is 0.922. The van der Waals surface area contributed by atoms with E-state index in [4.69, 9.17) is 9.47 Å². The number of rotatable bonds is 4. The molecule has 7 heteroatoms. The maximum Gasteiger partial charge on any atom is 0.255 e. The number of H-pyrrole nitrogens is 1. The first-order valence-electron chi connectivity index (χ1n) is 8.30. The zero-order chi connectivity index (χ0) is 16.5. The summed E-state index contributed by atoms with van der Waals surface area (Å²) in [5, 5.41) is 3.06. The van der Waals surface area contributed by atoms with Crippen LogP contribution in [0, 0.1) is 6.92 Å². The van der Waals surface area contributed by atoms with Crippen LogP contribution in [0.3, 0.4) is 0 Å². The van der Waals surface area contributed by atoms with Gasteiger partial charge in [0.1, 0.15) is 12.2 Å². The van der Waals surface area contributed by atoms with E-state index in [1.807, 2.05) is 23.3 Å². The summed E-state index contributed by atoms with van der Waals surface area (Å²) in [6.45, 7) is 3.76. The Morgan fingerprint density at radius 2 is 2.50 bits per heavy atom. The maximum absolute atomic E-state index is 12.8. The van der Waals surface area contributed by atoms with Crippen molar-refractivity contribution >= 4 is 17.2 Å². The third-order valence-electron chi connectivity index (χ3n) is 4.69. The average Bonchev–Trinajstić information content (AvgIpc) is 3.32. The maximum atomic E-state index is 12.8. The molecule has 6 nitrogen and oxygen atoms in total. The van der Waals surface area contributed by atoms with Crippen molar-refractivity contribution in [3.8, 4) is 0 Å². The van der Waals surface area contributed by atoms with E-state index in [1.54, 1.807) is 23.7 Å². The van der Waals surface area contributed by atoms with Gasteiger partial charge in [-0.05, 0) is 25.8 Å². The molecule has 0 radical (unpaired) electrons. The van der Waals surface area contributed by atoms with Gasteiger partial charge in [0.25, 0.3) is 5.91 Å². The summed E-state index contributed by atoms with van der Waals surface area (Å²) in [5.74, 6) is 0.0485. The van der Waals surface area contributed by atoms with E-state index in [-0.39, 0.29) is 24.2 Å². The lowest BCUT2D eigenvalue weighted by molar-refractivity contribution is -0.0814. The molecule has 2 saturated heterocycles. The van der Waals surface area contributed by atoms with Crippen molar-refractivity contribution in [1.82, 2.24) is 14.9 Å². The van der Waals surface area contributed by atoms with Crippen LogP contribution in [0.4, 0.5) is 0 Å². The summed E-state index contributed by atoms with van der Waals surface area (Å²) in [4.78, 5) is 22.1. The molecule has 0 aliphatic carbocycles. The predicted octanol–water partition coefficient (Wildman–Crippen LogP) is 2.37. The van der Waals surface area contributed by atoms with E-state index in [0.717, 1.165) is 30.2 Å². The highest BCUT2D eigenvalue weighted by Gasteiger charge is 2.46. The third-order valence-corrected chi connectivity index (χ3v) is 5.52. The van der Waals surface area contributed by atoms with Crippen LogP contribution in [0.5, 0.6) is 0 Å². The van der Waals surface area contributed by atoms with Gasteiger partial charge >= 0.3 is 0 Å². The Hall–Kier alpha value is -1.70. The largest absolute Gasteiger partial charge is 0.373 e. The minimum atomic E-state index is -0.0970. The molecule has 0 aromatic carbocycles. The van der Waals surface area contributed by atoms with Gasteiger partial charge in [0.05, 0.1) is 35.5 Å². The number of amides is 1. The molecule has 0 bridgehead atoms. The number of thiazole rings is 1. The standard InChI is InChI=1S/C17H21N3O3S/c1-11-19-13(10-24-11)9-23-15-8-20(14-3-2-6-22-16(14)15)17(21)12-4-5-18-7-12/h4-5,7,10,14-16,18H,2-3,6,8-9H2,1H3/t14-,15+,16+/m1/s1. The van der Waals surface area contributed by atoms with E-state index in [2.05, 4.69) is 9.97 Å². The van der Waals surface area contributed by atoms with Crippen LogP contribution in [0.2, 0.25) is 0 Å². The number of hydrogen-bond acceptors (Lipinski definition) is 5. The Labute approximate surface area is 144 Å². The van der Waals surface area contributed by atoms with Crippen molar-refractivity contribution < 1.29 is 14.3 Å². The van der Waals surface area contributed by atoms with Crippen LogP contribution < -0.4 is 0 Å². The molecule has 4 heterocycles. The number of ether oxygens (including phenoxy) is 2. The minimum Gasteiger partial charge on any atom is -0.373 e. The number of aromatic nitrogens is 2. The van der Waals surface area contributed by atoms with Gasteiger partial charge in [0.15, 0.2) is 0 Å². The van der Waals surface area contributed by atoms with E-state index < -0.39 is 0 Å². The number of fused-ring (bicyclic) bond motifs is 1. The number of aryl methyl sites for hydroxylation is 1. The molecule has 2 fully saturated rings. The lowest BCUT2D eigenvalue weighted by Gasteiger charge is -2.32. The second-order valence-electron chi connectivity index (χ2n) is 6.31. The number of carbonyl (C=O) groups excluding carboxylic acids is 1. The smallest absolute Gasteiger partial charge is 0.255 e. The number of carbonyl (C=O) groups is 1. The van der Waals surface area contributed by atoms with Crippen molar-refractivity contribution in [2.45, 2.75) is 44.6 Å². The normalized spacial score (nSPS) is 26.5. The van der Waals surface area contributed by atoms with E-state index in [9.17, 15) is 4.79 Å². The average molecular weight is 347 g/mol. The molecule has 128 valence electrons. The van der Waals surface area contributed by atoms with Gasteiger partial charge in [0.2, 0.25) is 0 Å². The van der Waals surface area contributed by atoms with Crippen LogP contribution in [0.15, 0.2) is 23.8 Å². The molecular formula is C17H21N3O3S. The highest BCUT2D eigenvalue weighted by Crippen LogP contribution is 2.32. The number of aromatic amines is 1. The summed E-state index contributed by atoms with van der Waals surface area (Å²) in [6.07, 6.45) is 5.33. The topological polar surface area (TPSA) is 67.5 Å². The molecule has 1 N–H and O–H groups in total. The number of likely N-dealkylation sites (tertiary alicyclic amines) is 1. The number of nitrogens with one attached hydrogen (secondary N) is 1. The van der Waals surface area contributed by atoms with Crippen LogP contribution in [-0.2, 0) is 16.1 Å².